The van der Waals surface area contributed by atoms with Crippen molar-refractivity contribution in [2.45, 2.75) is 25.7 Å². The summed E-state index contributed by atoms with van der Waals surface area (Å²) in [6.45, 7) is 3.59. The molecule has 4 rings (SSSR count). The van der Waals surface area contributed by atoms with Crippen LogP contribution in [0.4, 0.5) is 0 Å². The number of allylic oxidation sites excluding steroid dienone is 3. The van der Waals surface area contributed by atoms with Crippen molar-refractivity contribution in [1.82, 2.24) is 9.97 Å². The van der Waals surface area contributed by atoms with Gasteiger partial charge in [0.2, 0.25) is 0 Å². The third-order valence-electron chi connectivity index (χ3n) is 4.90. The van der Waals surface area contributed by atoms with Gasteiger partial charge >= 0.3 is 0 Å². The van der Waals surface area contributed by atoms with Crippen LogP contribution in [0, 0.1) is 5.92 Å². The molecule has 0 bridgehead atoms. The van der Waals surface area contributed by atoms with Gasteiger partial charge < -0.3 is 9.40 Å². The predicted octanol–water partition coefficient (Wildman–Crippen LogP) is 5.15. The number of nitrogens with one attached hydrogen (secondary N) is 1. The first-order chi connectivity index (χ1) is 12.3. The van der Waals surface area contributed by atoms with Gasteiger partial charge in [-0.3, -0.25) is 4.79 Å². The van der Waals surface area contributed by atoms with Crippen LogP contribution in [0.25, 0.3) is 27.9 Å². The summed E-state index contributed by atoms with van der Waals surface area (Å²) in [7, 11) is 0. The molecule has 3 heterocycles. The molecule has 25 heavy (non-hydrogen) atoms. The Morgan fingerprint density at radius 1 is 1.40 bits per heavy atom. The second-order valence-corrected chi connectivity index (χ2v) is 6.51. The number of H-pyrrole nitrogens is 1. The molecular formula is C21H20N2O2. The summed E-state index contributed by atoms with van der Waals surface area (Å²) >= 11 is 0. The normalized spacial score (nSPS) is 17.4. The standard InChI is InChI=1S/C21H20N2O2/c1-2-16(24)12-14-5-3-6-15(11-14)17-8-9-22-21-20(17)18(13-23-21)19-7-4-10-25-19/h2,4,6-10,13-14H,1,3,5,11-12H2,(H,22,23). The molecule has 4 nitrogen and oxygen atoms in total. The van der Waals surface area contributed by atoms with Gasteiger partial charge in [-0.25, -0.2) is 4.98 Å². The zero-order chi connectivity index (χ0) is 17.2. The van der Waals surface area contributed by atoms with E-state index in [2.05, 4.69) is 28.7 Å². The molecule has 1 unspecified atom stereocenters. The van der Waals surface area contributed by atoms with Crippen molar-refractivity contribution in [3.63, 3.8) is 0 Å². The molecule has 1 aliphatic carbocycles. The van der Waals surface area contributed by atoms with Gasteiger partial charge in [0.1, 0.15) is 11.4 Å². The number of fused-ring (bicyclic) bond motifs is 1. The Hall–Kier alpha value is -2.88. The van der Waals surface area contributed by atoms with Gasteiger partial charge in [0, 0.05) is 29.8 Å². The maximum Gasteiger partial charge on any atom is 0.155 e. The predicted molar refractivity (Wildman–Crippen MR) is 98.9 cm³/mol. The van der Waals surface area contributed by atoms with Crippen molar-refractivity contribution < 1.29 is 9.21 Å². The molecule has 1 atom stereocenters. The van der Waals surface area contributed by atoms with Crippen molar-refractivity contribution >= 4 is 22.4 Å². The van der Waals surface area contributed by atoms with E-state index >= 15 is 0 Å². The highest BCUT2D eigenvalue weighted by Crippen LogP contribution is 2.39. The summed E-state index contributed by atoms with van der Waals surface area (Å²) in [6, 6.07) is 5.91. The van der Waals surface area contributed by atoms with E-state index in [-0.39, 0.29) is 5.78 Å². The molecule has 0 spiro atoms. The number of nitrogens with zero attached hydrogens (tertiary/aromatic N) is 1. The third-order valence-corrected chi connectivity index (χ3v) is 4.90. The van der Waals surface area contributed by atoms with Gasteiger partial charge in [0.05, 0.1) is 6.26 Å². The van der Waals surface area contributed by atoms with E-state index in [1.54, 1.807) is 6.26 Å². The van der Waals surface area contributed by atoms with E-state index in [0.29, 0.717) is 12.3 Å². The van der Waals surface area contributed by atoms with Crippen LogP contribution in [0.3, 0.4) is 0 Å². The summed E-state index contributed by atoms with van der Waals surface area (Å²) in [5, 5.41) is 1.08. The number of hydrogen-bond donors (Lipinski definition) is 1. The molecule has 1 aliphatic rings. The molecule has 3 aromatic rings. The lowest BCUT2D eigenvalue weighted by molar-refractivity contribution is -0.115. The summed E-state index contributed by atoms with van der Waals surface area (Å²) in [5.74, 6) is 1.33. The van der Waals surface area contributed by atoms with Crippen LogP contribution < -0.4 is 0 Å². The van der Waals surface area contributed by atoms with E-state index < -0.39 is 0 Å². The molecule has 0 saturated carbocycles. The molecule has 126 valence electrons. The lowest BCUT2D eigenvalue weighted by atomic mass is 9.82. The van der Waals surface area contributed by atoms with Crippen LogP contribution in [0.2, 0.25) is 0 Å². The van der Waals surface area contributed by atoms with Crippen molar-refractivity contribution in [2.24, 2.45) is 5.92 Å². The van der Waals surface area contributed by atoms with Crippen LogP contribution in [-0.2, 0) is 4.79 Å². The minimum absolute atomic E-state index is 0.129. The van der Waals surface area contributed by atoms with Gasteiger partial charge in [-0.1, -0.05) is 12.7 Å². The fourth-order valence-electron chi connectivity index (χ4n) is 3.70. The van der Waals surface area contributed by atoms with E-state index in [4.69, 9.17) is 4.42 Å². The summed E-state index contributed by atoms with van der Waals surface area (Å²) in [4.78, 5) is 19.4. The number of aromatic nitrogens is 2. The fourth-order valence-corrected chi connectivity index (χ4v) is 3.70. The minimum Gasteiger partial charge on any atom is -0.464 e. The highest BCUT2D eigenvalue weighted by atomic mass is 16.3. The molecular weight excluding hydrogens is 312 g/mol. The molecule has 0 radical (unpaired) electrons. The molecule has 0 fully saturated rings. The number of pyridine rings is 1. The van der Waals surface area contributed by atoms with Crippen LogP contribution in [-0.4, -0.2) is 15.8 Å². The van der Waals surface area contributed by atoms with Crippen molar-refractivity contribution in [3.8, 4) is 11.3 Å². The van der Waals surface area contributed by atoms with Gasteiger partial charge in [-0.05, 0) is 60.6 Å². The maximum absolute atomic E-state index is 11.7. The average molecular weight is 332 g/mol. The Kier molecular flexibility index (Phi) is 4.10. The summed E-state index contributed by atoms with van der Waals surface area (Å²) in [6.07, 6.45) is 12.7. The van der Waals surface area contributed by atoms with Gasteiger partial charge in [0.15, 0.2) is 5.78 Å². The zero-order valence-electron chi connectivity index (χ0n) is 14.0. The van der Waals surface area contributed by atoms with Crippen molar-refractivity contribution in [2.75, 3.05) is 0 Å². The Balaban J connectivity index is 1.74. The first-order valence-corrected chi connectivity index (χ1v) is 8.61. The van der Waals surface area contributed by atoms with E-state index in [9.17, 15) is 4.79 Å². The highest BCUT2D eigenvalue weighted by Gasteiger charge is 2.22. The Morgan fingerprint density at radius 3 is 3.12 bits per heavy atom. The SMILES string of the molecule is C=CC(=O)CC1CCC=C(c2ccnc3[nH]cc(-c4ccco4)c23)C1. The van der Waals surface area contributed by atoms with Crippen molar-refractivity contribution in [1.29, 1.82) is 0 Å². The molecule has 4 heteroatoms. The lowest BCUT2D eigenvalue weighted by Gasteiger charge is -2.22. The second kappa shape index (κ2) is 6.55. The smallest absolute Gasteiger partial charge is 0.155 e. The quantitative estimate of drug-likeness (QED) is 0.657. The number of hydrogen-bond acceptors (Lipinski definition) is 3. The topological polar surface area (TPSA) is 58.9 Å². The number of ketones is 1. The first kappa shape index (κ1) is 15.6. The zero-order valence-corrected chi connectivity index (χ0v) is 14.0. The van der Waals surface area contributed by atoms with Gasteiger partial charge in [-0.2, -0.15) is 0 Å². The summed E-state index contributed by atoms with van der Waals surface area (Å²) in [5.41, 5.74) is 4.34. The van der Waals surface area contributed by atoms with Crippen LogP contribution in [0.1, 0.15) is 31.2 Å². The molecule has 0 aliphatic heterocycles. The molecule has 3 aromatic heterocycles. The number of carbonyl (C=O) groups is 1. The monoisotopic (exact) mass is 332 g/mol. The Bertz CT molecular complexity index is 948. The first-order valence-electron chi connectivity index (χ1n) is 8.61. The lowest BCUT2D eigenvalue weighted by Crippen LogP contribution is -2.11. The number of furan rings is 1. The van der Waals surface area contributed by atoms with Crippen LogP contribution in [0.5, 0.6) is 0 Å². The molecule has 1 N–H and O–H groups in total. The fraction of sp³-hybridized carbons (Fsp3) is 0.238. The number of carbonyl (C=O) groups excluding carboxylic acids is 1. The van der Waals surface area contributed by atoms with Gasteiger partial charge in [-0.15, -0.1) is 0 Å². The van der Waals surface area contributed by atoms with Crippen LogP contribution in [0.15, 0.2) is 60.0 Å². The Morgan fingerprint density at radius 2 is 2.32 bits per heavy atom. The van der Waals surface area contributed by atoms with E-state index in [1.165, 1.54) is 17.2 Å². The number of aromatic amines is 1. The Labute approximate surface area is 146 Å². The molecule has 0 amide bonds. The molecule has 0 saturated heterocycles. The van der Waals surface area contributed by atoms with Gasteiger partial charge in [0.25, 0.3) is 0 Å². The maximum atomic E-state index is 11.7. The highest BCUT2D eigenvalue weighted by molar-refractivity contribution is 6.00. The van der Waals surface area contributed by atoms with Crippen molar-refractivity contribution in [3.05, 3.63) is 61.2 Å². The second-order valence-electron chi connectivity index (χ2n) is 6.51. The summed E-state index contributed by atoms with van der Waals surface area (Å²) < 4.78 is 5.59. The third kappa shape index (κ3) is 2.95. The average Bonchev–Trinajstić information content (AvgIpc) is 3.30. The van der Waals surface area contributed by atoms with E-state index in [0.717, 1.165) is 41.6 Å². The van der Waals surface area contributed by atoms with E-state index in [1.807, 2.05) is 24.5 Å². The number of rotatable bonds is 5. The minimum atomic E-state index is 0.129. The largest absolute Gasteiger partial charge is 0.464 e. The van der Waals surface area contributed by atoms with Crippen LogP contribution >= 0.6 is 0 Å². The molecule has 0 aromatic carbocycles.